The van der Waals surface area contributed by atoms with Crippen LogP contribution in [-0.4, -0.2) is 17.2 Å². The van der Waals surface area contributed by atoms with E-state index in [9.17, 15) is 0 Å². The average molecular weight is 165 g/mol. The zero-order valence-corrected chi connectivity index (χ0v) is 6.85. The largest absolute Gasteiger partial charge is 0.372 e. The number of anilines is 1. The van der Waals surface area contributed by atoms with Gasteiger partial charge in [-0.1, -0.05) is 0 Å². The van der Waals surface area contributed by atoms with Gasteiger partial charge in [-0.2, -0.15) is 0 Å². The summed E-state index contributed by atoms with van der Waals surface area (Å²) >= 11 is 1.67. The lowest BCUT2D eigenvalue weighted by molar-refractivity contribution is 1.08. The number of aromatic nitrogens is 2. The van der Waals surface area contributed by atoms with E-state index in [1.807, 2.05) is 24.6 Å². The van der Waals surface area contributed by atoms with E-state index in [1.165, 1.54) is 4.70 Å². The Morgan fingerprint density at radius 3 is 3.18 bits per heavy atom. The molecule has 0 radical (unpaired) electrons. The van der Waals surface area contributed by atoms with Crippen LogP contribution in [0.15, 0.2) is 17.5 Å². The van der Waals surface area contributed by atoms with Crippen molar-refractivity contribution >= 4 is 27.4 Å². The van der Waals surface area contributed by atoms with Gasteiger partial charge in [0.2, 0.25) is 0 Å². The summed E-state index contributed by atoms with van der Waals surface area (Å²) < 4.78 is 1.17. The molecule has 0 aromatic carbocycles. The van der Waals surface area contributed by atoms with Gasteiger partial charge < -0.3 is 5.32 Å². The van der Waals surface area contributed by atoms with E-state index in [2.05, 4.69) is 15.5 Å². The zero-order chi connectivity index (χ0) is 7.68. The predicted octanol–water partition coefficient (Wildman–Crippen LogP) is 1.73. The molecule has 0 amide bonds. The van der Waals surface area contributed by atoms with Crippen molar-refractivity contribution in [3.05, 3.63) is 17.5 Å². The molecular formula is C7H7N3S. The van der Waals surface area contributed by atoms with Gasteiger partial charge in [-0.3, -0.25) is 0 Å². The van der Waals surface area contributed by atoms with Crippen LogP contribution < -0.4 is 5.32 Å². The normalized spacial score (nSPS) is 10.3. The molecule has 0 aliphatic rings. The Kier molecular flexibility index (Phi) is 1.47. The summed E-state index contributed by atoms with van der Waals surface area (Å²) in [6, 6.07) is 3.96. The maximum Gasteiger partial charge on any atom is 0.149 e. The highest BCUT2D eigenvalue weighted by molar-refractivity contribution is 7.17. The van der Waals surface area contributed by atoms with Gasteiger partial charge in [0.1, 0.15) is 11.3 Å². The van der Waals surface area contributed by atoms with Crippen molar-refractivity contribution in [1.29, 1.82) is 0 Å². The van der Waals surface area contributed by atoms with E-state index in [-0.39, 0.29) is 0 Å². The molecule has 11 heavy (non-hydrogen) atoms. The Morgan fingerprint density at radius 2 is 2.36 bits per heavy atom. The van der Waals surface area contributed by atoms with Crippen LogP contribution in [0.3, 0.4) is 0 Å². The lowest BCUT2D eigenvalue weighted by Crippen LogP contribution is -1.92. The van der Waals surface area contributed by atoms with E-state index in [0.29, 0.717) is 0 Å². The molecule has 2 aromatic heterocycles. The number of nitrogens with zero attached hydrogens (tertiary/aromatic N) is 2. The second kappa shape index (κ2) is 2.47. The van der Waals surface area contributed by atoms with Crippen LogP contribution in [0.5, 0.6) is 0 Å². The van der Waals surface area contributed by atoms with Crippen LogP contribution in [0.2, 0.25) is 0 Å². The molecule has 4 heteroatoms. The smallest absolute Gasteiger partial charge is 0.149 e. The van der Waals surface area contributed by atoms with Crippen molar-refractivity contribution in [3.63, 3.8) is 0 Å². The topological polar surface area (TPSA) is 37.8 Å². The summed E-state index contributed by atoms with van der Waals surface area (Å²) in [5.74, 6) is 0.819. The van der Waals surface area contributed by atoms with Gasteiger partial charge >= 0.3 is 0 Å². The van der Waals surface area contributed by atoms with Crippen LogP contribution in [0, 0.1) is 0 Å². The number of nitrogens with one attached hydrogen (secondary N) is 1. The molecule has 0 bridgehead atoms. The Balaban J connectivity index is 2.67. The molecule has 2 aromatic rings. The molecule has 0 saturated carbocycles. The molecule has 0 spiro atoms. The quantitative estimate of drug-likeness (QED) is 0.699. The SMILES string of the molecule is CNc1cc2sccc2nn1. The van der Waals surface area contributed by atoms with Gasteiger partial charge in [-0.05, 0) is 11.4 Å². The highest BCUT2D eigenvalue weighted by atomic mass is 32.1. The van der Waals surface area contributed by atoms with Crippen LogP contribution in [0.1, 0.15) is 0 Å². The number of rotatable bonds is 1. The first-order chi connectivity index (χ1) is 5.40. The third kappa shape index (κ3) is 1.05. The summed E-state index contributed by atoms with van der Waals surface area (Å²) in [5, 5.41) is 12.9. The summed E-state index contributed by atoms with van der Waals surface area (Å²) in [6.07, 6.45) is 0. The molecule has 2 rings (SSSR count). The van der Waals surface area contributed by atoms with Gasteiger partial charge in [0.15, 0.2) is 0 Å². The van der Waals surface area contributed by atoms with Crippen molar-refractivity contribution in [2.75, 3.05) is 12.4 Å². The first-order valence-electron chi connectivity index (χ1n) is 3.29. The van der Waals surface area contributed by atoms with Crippen molar-refractivity contribution in [1.82, 2.24) is 10.2 Å². The summed E-state index contributed by atoms with van der Waals surface area (Å²) in [5.41, 5.74) is 0.967. The molecular weight excluding hydrogens is 158 g/mol. The molecule has 0 atom stereocenters. The number of hydrogen-bond acceptors (Lipinski definition) is 4. The maximum atomic E-state index is 4.01. The van der Waals surface area contributed by atoms with E-state index in [0.717, 1.165) is 11.3 Å². The average Bonchev–Trinajstić information content (AvgIpc) is 2.50. The highest BCUT2D eigenvalue weighted by Crippen LogP contribution is 2.19. The Morgan fingerprint density at radius 1 is 1.45 bits per heavy atom. The second-order valence-corrected chi connectivity index (χ2v) is 3.10. The van der Waals surface area contributed by atoms with E-state index < -0.39 is 0 Å². The van der Waals surface area contributed by atoms with Crippen LogP contribution in [0.4, 0.5) is 5.82 Å². The van der Waals surface area contributed by atoms with Gasteiger partial charge in [0.25, 0.3) is 0 Å². The van der Waals surface area contributed by atoms with Crippen LogP contribution in [-0.2, 0) is 0 Å². The summed E-state index contributed by atoms with van der Waals surface area (Å²) in [7, 11) is 1.84. The predicted molar refractivity (Wildman–Crippen MR) is 47.0 cm³/mol. The maximum absolute atomic E-state index is 4.01. The van der Waals surface area contributed by atoms with Crippen LogP contribution in [0.25, 0.3) is 10.2 Å². The fourth-order valence-electron chi connectivity index (χ4n) is 0.888. The van der Waals surface area contributed by atoms with E-state index in [4.69, 9.17) is 0 Å². The standard InChI is InChI=1S/C7H7N3S/c1-8-7-4-6-5(9-10-7)2-3-11-6/h2-4H,1H3,(H,8,10). The number of hydrogen-bond donors (Lipinski definition) is 1. The van der Waals surface area contributed by atoms with Crippen molar-refractivity contribution in [2.24, 2.45) is 0 Å². The molecule has 0 aliphatic carbocycles. The first kappa shape index (κ1) is 6.54. The first-order valence-corrected chi connectivity index (χ1v) is 4.17. The molecule has 0 fully saturated rings. The fraction of sp³-hybridized carbons (Fsp3) is 0.143. The van der Waals surface area contributed by atoms with E-state index in [1.54, 1.807) is 11.3 Å². The van der Waals surface area contributed by atoms with Gasteiger partial charge in [0, 0.05) is 13.1 Å². The zero-order valence-electron chi connectivity index (χ0n) is 6.03. The second-order valence-electron chi connectivity index (χ2n) is 2.15. The van der Waals surface area contributed by atoms with Crippen molar-refractivity contribution < 1.29 is 0 Å². The molecule has 0 saturated heterocycles. The number of thiophene rings is 1. The minimum Gasteiger partial charge on any atom is -0.372 e. The lowest BCUT2D eigenvalue weighted by Gasteiger charge is -1.94. The minimum absolute atomic E-state index is 0.819. The highest BCUT2D eigenvalue weighted by Gasteiger charge is 1.97. The lowest BCUT2D eigenvalue weighted by atomic mass is 10.4. The van der Waals surface area contributed by atoms with Crippen molar-refractivity contribution in [3.8, 4) is 0 Å². The monoisotopic (exact) mass is 165 g/mol. The Bertz CT molecular complexity index is 368. The summed E-state index contributed by atoms with van der Waals surface area (Å²) in [4.78, 5) is 0. The summed E-state index contributed by atoms with van der Waals surface area (Å²) in [6.45, 7) is 0. The van der Waals surface area contributed by atoms with E-state index >= 15 is 0 Å². The van der Waals surface area contributed by atoms with Crippen LogP contribution >= 0.6 is 11.3 Å². The number of fused-ring (bicyclic) bond motifs is 1. The fourth-order valence-corrected chi connectivity index (χ4v) is 1.64. The molecule has 2 heterocycles. The van der Waals surface area contributed by atoms with Gasteiger partial charge in [-0.15, -0.1) is 21.5 Å². The molecule has 3 nitrogen and oxygen atoms in total. The Hall–Kier alpha value is -1.16. The third-order valence-electron chi connectivity index (χ3n) is 1.46. The minimum atomic E-state index is 0.819. The third-order valence-corrected chi connectivity index (χ3v) is 2.32. The Labute approximate surface area is 68.1 Å². The van der Waals surface area contributed by atoms with Gasteiger partial charge in [0.05, 0.1) is 4.70 Å². The molecule has 0 aliphatic heterocycles. The molecule has 0 unspecified atom stereocenters. The molecule has 56 valence electrons. The van der Waals surface area contributed by atoms with Gasteiger partial charge in [-0.25, -0.2) is 0 Å². The molecule has 1 N–H and O–H groups in total. The van der Waals surface area contributed by atoms with Crippen molar-refractivity contribution in [2.45, 2.75) is 0 Å².